The van der Waals surface area contributed by atoms with Crippen LogP contribution < -0.4 is 10.6 Å². The molecule has 2 aromatic carbocycles. The lowest BCUT2D eigenvalue weighted by Crippen LogP contribution is -2.39. The van der Waals surface area contributed by atoms with Gasteiger partial charge in [0, 0.05) is 47.9 Å². The van der Waals surface area contributed by atoms with Gasteiger partial charge in [0.2, 0.25) is 23.7 Å². The average Bonchev–Trinajstić information content (AvgIpc) is 4.11. The maximum atomic E-state index is 12.0. The molecule has 13 nitrogen and oxygen atoms in total. The molecule has 3 aliphatic rings. The predicted molar refractivity (Wildman–Crippen MR) is 206 cm³/mol. The molecule has 53 heavy (non-hydrogen) atoms. The first-order valence-corrected chi connectivity index (χ1v) is 20.7. The first-order valence-electron chi connectivity index (χ1n) is 17.7. The number of carbonyl (C=O) groups excluding carboxylic acids is 2. The predicted octanol–water partition coefficient (Wildman–Crippen LogP) is 5.61. The average molecular weight is 797 g/mol. The Bertz CT molecular complexity index is 2390. The number of fused-ring (bicyclic) bond motifs is 2. The minimum absolute atomic E-state index is 0.0117. The molecule has 3 fully saturated rings. The molecule has 9 rings (SSSR count). The molecule has 0 spiro atoms. The zero-order valence-electron chi connectivity index (χ0n) is 28.9. The third-order valence-electron chi connectivity index (χ3n) is 9.58. The van der Waals surface area contributed by atoms with Crippen molar-refractivity contribution < 1.29 is 18.0 Å². The van der Waals surface area contributed by atoms with E-state index >= 15 is 0 Å². The molecule has 6 aromatic rings. The van der Waals surface area contributed by atoms with Crippen molar-refractivity contribution in [1.82, 2.24) is 34.1 Å². The van der Waals surface area contributed by atoms with Crippen LogP contribution in [0.1, 0.15) is 36.8 Å². The Hall–Kier alpha value is -4.99. The number of benzene rings is 2. The van der Waals surface area contributed by atoms with Crippen molar-refractivity contribution in [2.45, 2.75) is 37.6 Å². The van der Waals surface area contributed by atoms with E-state index in [1.807, 2.05) is 48.5 Å². The molecule has 1 aliphatic heterocycles. The minimum atomic E-state index is -2.86. The molecular formula is C38H38BrN9O4S. The van der Waals surface area contributed by atoms with E-state index in [1.54, 1.807) is 9.03 Å². The van der Waals surface area contributed by atoms with Crippen molar-refractivity contribution in [3.8, 4) is 22.5 Å². The number of amides is 2. The first-order chi connectivity index (χ1) is 25.7. The Kier molecular flexibility index (Phi) is 9.79. The highest BCUT2D eigenvalue weighted by Crippen LogP contribution is 2.31. The second-order valence-electron chi connectivity index (χ2n) is 13.7. The van der Waals surface area contributed by atoms with Gasteiger partial charge >= 0.3 is 0 Å². The third kappa shape index (κ3) is 8.32. The van der Waals surface area contributed by atoms with Crippen LogP contribution in [0.3, 0.4) is 0 Å². The molecule has 2 saturated carbocycles. The van der Waals surface area contributed by atoms with E-state index in [9.17, 15) is 18.0 Å². The lowest BCUT2D eigenvalue weighted by Gasteiger charge is -2.26. The number of anilines is 2. The number of nitrogens with one attached hydrogen (secondary N) is 2. The van der Waals surface area contributed by atoms with Gasteiger partial charge in [-0.2, -0.15) is 9.97 Å². The highest BCUT2D eigenvalue weighted by atomic mass is 79.9. The van der Waals surface area contributed by atoms with E-state index in [1.165, 1.54) is 5.56 Å². The van der Waals surface area contributed by atoms with Gasteiger partial charge in [0.25, 0.3) is 0 Å². The monoisotopic (exact) mass is 795 g/mol. The summed E-state index contributed by atoms with van der Waals surface area (Å²) in [6, 6.07) is 28.1. The van der Waals surface area contributed by atoms with Gasteiger partial charge in [-0.05, 0) is 61.1 Å². The molecule has 1 saturated heterocycles. The highest BCUT2D eigenvalue weighted by molar-refractivity contribution is 9.08. The second-order valence-corrected chi connectivity index (χ2v) is 16.6. The lowest BCUT2D eigenvalue weighted by atomic mass is 10.1. The minimum Gasteiger partial charge on any atom is -0.297 e. The van der Waals surface area contributed by atoms with Crippen molar-refractivity contribution in [2.24, 2.45) is 11.8 Å². The zero-order chi connectivity index (χ0) is 36.5. The summed E-state index contributed by atoms with van der Waals surface area (Å²) in [5.74, 6) is 1.41. The Morgan fingerprint density at radius 3 is 1.55 bits per heavy atom. The molecule has 0 unspecified atom stereocenters. The zero-order valence-corrected chi connectivity index (χ0v) is 31.3. The Morgan fingerprint density at radius 1 is 0.660 bits per heavy atom. The molecular weight excluding hydrogens is 758 g/mol. The summed E-state index contributed by atoms with van der Waals surface area (Å²) in [5.41, 5.74) is 7.65. The summed E-state index contributed by atoms with van der Waals surface area (Å²) < 4.78 is 26.7. The van der Waals surface area contributed by atoms with Crippen molar-refractivity contribution in [3.05, 3.63) is 96.1 Å². The van der Waals surface area contributed by atoms with Gasteiger partial charge < -0.3 is 0 Å². The molecule has 2 aliphatic carbocycles. The fourth-order valence-electron chi connectivity index (χ4n) is 6.18. The van der Waals surface area contributed by atoms with Crippen LogP contribution in [0.4, 0.5) is 11.9 Å². The normalized spacial score (nSPS) is 16.9. The number of hydrogen-bond acceptors (Lipinski definition) is 9. The highest BCUT2D eigenvalue weighted by Gasteiger charge is 2.31. The Labute approximate surface area is 314 Å². The van der Waals surface area contributed by atoms with E-state index in [0.717, 1.165) is 71.3 Å². The molecule has 272 valence electrons. The van der Waals surface area contributed by atoms with Crippen molar-refractivity contribution in [1.29, 1.82) is 0 Å². The molecule has 0 radical (unpaired) electrons. The van der Waals surface area contributed by atoms with Crippen molar-refractivity contribution in [2.75, 3.05) is 35.2 Å². The van der Waals surface area contributed by atoms with Crippen LogP contribution in [0, 0.1) is 11.8 Å². The van der Waals surface area contributed by atoms with Gasteiger partial charge in [0.05, 0.1) is 22.9 Å². The maximum absolute atomic E-state index is 12.0. The number of rotatable bonds is 9. The van der Waals surface area contributed by atoms with Gasteiger partial charge in [-0.1, -0.05) is 76.6 Å². The molecule has 2 amide bonds. The summed E-state index contributed by atoms with van der Waals surface area (Å²) in [5, 5.41) is 15.4. The number of nitrogens with zero attached hydrogens (tertiary/aromatic N) is 7. The van der Waals surface area contributed by atoms with Crippen molar-refractivity contribution >= 4 is 60.8 Å². The SMILES string of the molecule is O=C(Nc1nc2cccc(-c3ccc(CBr)cc3)n2n1)C1CC1.O=C(Nc1nc2cccc(-c3ccc(CN4CCS(=O)(=O)CC4)cc3)n2n1)C1CC1. The summed E-state index contributed by atoms with van der Waals surface area (Å²) in [6.07, 6.45) is 3.79. The summed E-state index contributed by atoms with van der Waals surface area (Å²) in [7, 11) is -2.86. The maximum Gasteiger partial charge on any atom is 0.249 e. The molecule has 0 bridgehead atoms. The number of alkyl halides is 1. The summed E-state index contributed by atoms with van der Waals surface area (Å²) >= 11 is 3.45. The molecule has 5 heterocycles. The van der Waals surface area contributed by atoms with Crippen LogP contribution in [0.2, 0.25) is 0 Å². The summed E-state index contributed by atoms with van der Waals surface area (Å²) in [4.78, 5) is 34.9. The van der Waals surface area contributed by atoms with Gasteiger partial charge in [-0.3, -0.25) is 25.1 Å². The Balaban J connectivity index is 0.000000156. The fourth-order valence-corrected chi connectivity index (χ4v) is 7.83. The standard InChI is InChI=1S/C21H23N5O3S.C17H15BrN4O/c27-20(17-8-9-17)23-21-22-19-3-1-2-18(26(19)24-21)16-6-4-15(5-7-16)14-25-10-12-30(28,29)13-11-25;18-10-11-4-6-12(7-5-11)14-2-1-3-15-19-17(21-22(14)15)20-16(23)13-8-9-13/h1-7,17H,8-14H2,(H,23,24,27);1-7,13H,8-10H2,(H,20,21,23). The number of sulfone groups is 1. The molecule has 2 N–H and O–H groups in total. The number of aromatic nitrogens is 6. The van der Waals surface area contributed by atoms with E-state index in [0.29, 0.717) is 30.6 Å². The molecule has 15 heteroatoms. The van der Waals surface area contributed by atoms with Crippen molar-refractivity contribution in [3.63, 3.8) is 0 Å². The number of halogens is 1. The lowest BCUT2D eigenvalue weighted by molar-refractivity contribution is -0.118. The quantitative estimate of drug-likeness (QED) is 0.178. The largest absolute Gasteiger partial charge is 0.297 e. The van der Waals surface area contributed by atoms with Gasteiger partial charge in [-0.25, -0.2) is 17.4 Å². The van der Waals surface area contributed by atoms with Gasteiger partial charge in [-0.15, -0.1) is 10.2 Å². The third-order valence-corrected chi connectivity index (χ3v) is 11.8. The van der Waals surface area contributed by atoms with Crippen LogP contribution in [0.5, 0.6) is 0 Å². The fraction of sp³-hybridized carbons (Fsp3) is 0.316. The number of hydrogen-bond donors (Lipinski definition) is 2. The number of carbonyl (C=O) groups is 2. The van der Waals surface area contributed by atoms with Crippen LogP contribution in [-0.4, -0.2) is 78.9 Å². The summed E-state index contributed by atoms with van der Waals surface area (Å²) in [6.45, 7) is 1.90. The van der Waals surface area contributed by atoms with E-state index in [2.05, 4.69) is 88.0 Å². The van der Waals surface area contributed by atoms with Crippen LogP contribution in [0.25, 0.3) is 33.8 Å². The van der Waals surface area contributed by atoms with Gasteiger partial charge in [0.15, 0.2) is 21.1 Å². The molecule has 4 aromatic heterocycles. The van der Waals surface area contributed by atoms with E-state index in [4.69, 9.17) is 0 Å². The van der Waals surface area contributed by atoms with E-state index < -0.39 is 9.84 Å². The molecule has 0 atom stereocenters. The van der Waals surface area contributed by atoms with Crippen LogP contribution in [0.15, 0.2) is 84.9 Å². The Morgan fingerprint density at radius 2 is 1.11 bits per heavy atom. The number of pyridine rings is 2. The van der Waals surface area contributed by atoms with E-state index in [-0.39, 0.29) is 35.2 Å². The first kappa shape index (κ1) is 35.1. The van der Waals surface area contributed by atoms with Crippen LogP contribution in [-0.2, 0) is 31.3 Å². The smallest absolute Gasteiger partial charge is 0.249 e. The van der Waals surface area contributed by atoms with Gasteiger partial charge in [0.1, 0.15) is 0 Å². The van der Waals surface area contributed by atoms with Crippen LogP contribution >= 0.6 is 15.9 Å². The second kappa shape index (κ2) is 14.8. The topological polar surface area (TPSA) is 156 Å².